The molecule has 0 heterocycles. The van der Waals surface area contributed by atoms with Gasteiger partial charge in [-0.25, -0.2) is 0 Å². The summed E-state index contributed by atoms with van der Waals surface area (Å²) in [7, 11) is 2.06. The monoisotopic (exact) mass is 325 g/mol. The molecule has 0 aromatic heterocycles. The zero-order chi connectivity index (χ0) is 17.4. The molecule has 2 aromatic carbocycles. The lowest BCUT2D eigenvalue weighted by Gasteiger charge is -2.18. The maximum Gasteiger partial charge on any atom is 0.255 e. The molecule has 2 rings (SSSR count). The zero-order valence-electron chi connectivity index (χ0n) is 14.8. The number of rotatable bonds is 8. The Hall–Kier alpha value is -2.33. The second kappa shape index (κ2) is 9.08. The molecular weight excluding hydrogens is 298 g/mol. The highest BCUT2D eigenvalue weighted by atomic mass is 16.1. The van der Waals surface area contributed by atoms with E-state index in [-0.39, 0.29) is 5.91 Å². The third kappa shape index (κ3) is 5.10. The lowest BCUT2D eigenvalue weighted by atomic mass is 10.1. The van der Waals surface area contributed by atoms with Crippen LogP contribution in [0, 0.1) is 0 Å². The smallest absolute Gasteiger partial charge is 0.255 e. The number of anilines is 2. The van der Waals surface area contributed by atoms with Gasteiger partial charge in [0.25, 0.3) is 5.91 Å². The average molecular weight is 325 g/mol. The van der Waals surface area contributed by atoms with Crippen LogP contribution in [0.2, 0.25) is 0 Å². The van der Waals surface area contributed by atoms with E-state index in [1.807, 2.05) is 42.5 Å². The minimum absolute atomic E-state index is 0.0831. The largest absolute Gasteiger partial charge is 0.375 e. The summed E-state index contributed by atoms with van der Waals surface area (Å²) in [6, 6.07) is 15.7. The number of amides is 1. The van der Waals surface area contributed by atoms with Crippen LogP contribution in [0.25, 0.3) is 0 Å². The molecule has 0 atom stereocenters. The fourth-order valence-corrected chi connectivity index (χ4v) is 2.56. The molecule has 0 unspecified atom stereocenters. The van der Waals surface area contributed by atoms with Crippen molar-refractivity contribution < 1.29 is 4.79 Å². The van der Waals surface area contributed by atoms with Gasteiger partial charge in [-0.3, -0.25) is 4.79 Å². The van der Waals surface area contributed by atoms with Crippen LogP contribution >= 0.6 is 0 Å². The van der Waals surface area contributed by atoms with E-state index in [4.69, 9.17) is 0 Å². The van der Waals surface area contributed by atoms with Crippen molar-refractivity contribution in [3.8, 4) is 0 Å². The predicted molar refractivity (Wildman–Crippen MR) is 102 cm³/mol. The van der Waals surface area contributed by atoms with Gasteiger partial charge in [0.1, 0.15) is 0 Å². The number of hydrogen-bond donors (Lipinski definition) is 2. The second-order valence-electron chi connectivity index (χ2n) is 5.90. The molecule has 0 fully saturated rings. The van der Waals surface area contributed by atoms with Crippen molar-refractivity contribution in [2.24, 2.45) is 0 Å². The van der Waals surface area contributed by atoms with Crippen molar-refractivity contribution in [2.45, 2.75) is 26.8 Å². The van der Waals surface area contributed by atoms with Gasteiger partial charge >= 0.3 is 0 Å². The molecule has 1 amide bonds. The fourth-order valence-electron chi connectivity index (χ4n) is 2.56. The standard InChI is InChI=1S/C20H27N3O/c1-4-13-23(3)19-11-9-17(10-12-19)20(24)22-18-8-6-7-16(14-18)15-21-5-2/h6-12,14,21H,4-5,13,15H2,1-3H3,(H,22,24). The third-order valence-electron chi connectivity index (χ3n) is 3.89. The summed E-state index contributed by atoms with van der Waals surface area (Å²) in [5.74, 6) is -0.0831. The minimum atomic E-state index is -0.0831. The van der Waals surface area contributed by atoms with E-state index in [0.717, 1.165) is 43.0 Å². The van der Waals surface area contributed by atoms with Gasteiger partial charge in [0.2, 0.25) is 0 Å². The summed E-state index contributed by atoms with van der Waals surface area (Å²) in [5.41, 5.74) is 3.77. The van der Waals surface area contributed by atoms with Crippen LogP contribution in [0.4, 0.5) is 11.4 Å². The molecular formula is C20H27N3O. The van der Waals surface area contributed by atoms with Crippen molar-refractivity contribution in [3.63, 3.8) is 0 Å². The maximum absolute atomic E-state index is 12.4. The molecule has 0 aliphatic carbocycles. The summed E-state index contributed by atoms with van der Waals surface area (Å²) < 4.78 is 0. The molecule has 128 valence electrons. The van der Waals surface area contributed by atoms with Crippen molar-refractivity contribution in [1.82, 2.24) is 5.32 Å². The van der Waals surface area contributed by atoms with Gasteiger partial charge in [0.15, 0.2) is 0 Å². The highest BCUT2D eigenvalue weighted by molar-refractivity contribution is 6.04. The molecule has 0 bridgehead atoms. The molecule has 24 heavy (non-hydrogen) atoms. The Labute approximate surface area is 144 Å². The van der Waals surface area contributed by atoms with E-state index in [1.54, 1.807) is 0 Å². The molecule has 2 N–H and O–H groups in total. The van der Waals surface area contributed by atoms with Gasteiger partial charge in [-0.2, -0.15) is 0 Å². The van der Waals surface area contributed by atoms with Crippen LogP contribution in [0.15, 0.2) is 48.5 Å². The molecule has 0 radical (unpaired) electrons. The first-order valence-corrected chi connectivity index (χ1v) is 8.56. The van der Waals surface area contributed by atoms with E-state index in [1.165, 1.54) is 0 Å². The Morgan fingerprint density at radius 3 is 2.50 bits per heavy atom. The van der Waals surface area contributed by atoms with E-state index in [0.29, 0.717) is 5.56 Å². The lowest BCUT2D eigenvalue weighted by molar-refractivity contribution is 0.102. The summed E-state index contributed by atoms with van der Waals surface area (Å²) in [6.07, 6.45) is 1.10. The van der Waals surface area contributed by atoms with Crippen LogP contribution in [0.5, 0.6) is 0 Å². The zero-order valence-corrected chi connectivity index (χ0v) is 14.8. The maximum atomic E-state index is 12.4. The predicted octanol–water partition coefficient (Wildman–Crippen LogP) is 3.89. The number of hydrogen-bond acceptors (Lipinski definition) is 3. The third-order valence-corrected chi connectivity index (χ3v) is 3.89. The van der Waals surface area contributed by atoms with Crippen molar-refractivity contribution in [3.05, 3.63) is 59.7 Å². The summed E-state index contributed by atoms with van der Waals surface area (Å²) in [5, 5.41) is 6.26. The number of carbonyl (C=O) groups is 1. The summed E-state index contributed by atoms with van der Waals surface area (Å²) in [4.78, 5) is 14.6. The first kappa shape index (κ1) is 18.0. The molecule has 0 saturated heterocycles. The highest BCUT2D eigenvalue weighted by Crippen LogP contribution is 2.16. The molecule has 4 nitrogen and oxygen atoms in total. The molecule has 2 aromatic rings. The molecule has 4 heteroatoms. The Kier molecular flexibility index (Phi) is 6.82. The van der Waals surface area contributed by atoms with E-state index < -0.39 is 0 Å². The van der Waals surface area contributed by atoms with Gasteiger partial charge in [-0.1, -0.05) is 26.0 Å². The van der Waals surface area contributed by atoms with Crippen molar-refractivity contribution >= 4 is 17.3 Å². The normalized spacial score (nSPS) is 10.5. The summed E-state index contributed by atoms with van der Waals surface area (Å²) >= 11 is 0. The van der Waals surface area contributed by atoms with E-state index in [2.05, 4.69) is 42.5 Å². The van der Waals surface area contributed by atoms with Crippen molar-refractivity contribution in [1.29, 1.82) is 0 Å². The molecule has 0 saturated carbocycles. The lowest BCUT2D eigenvalue weighted by Crippen LogP contribution is -2.18. The number of nitrogens with zero attached hydrogens (tertiary/aromatic N) is 1. The summed E-state index contributed by atoms with van der Waals surface area (Å²) in [6.45, 7) is 6.97. The first-order valence-electron chi connectivity index (χ1n) is 8.56. The Morgan fingerprint density at radius 2 is 1.83 bits per heavy atom. The van der Waals surface area contributed by atoms with Gasteiger partial charge in [0, 0.05) is 37.1 Å². The van der Waals surface area contributed by atoms with Gasteiger partial charge in [0.05, 0.1) is 0 Å². The average Bonchev–Trinajstić information content (AvgIpc) is 2.60. The van der Waals surface area contributed by atoms with Crippen molar-refractivity contribution in [2.75, 3.05) is 30.4 Å². The fraction of sp³-hybridized carbons (Fsp3) is 0.350. The van der Waals surface area contributed by atoms with Gasteiger partial charge in [-0.15, -0.1) is 0 Å². The molecule has 0 aliphatic heterocycles. The molecule has 0 spiro atoms. The number of benzene rings is 2. The minimum Gasteiger partial charge on any atom is -0.375 e. The van der Waals surface area contributed by atoms with Crippen LogP contribution < -0.4 is 15.5 Å². The first-order chi connectivity index (χ1) is 11.6. The highest BCUT2D eigenvalue weighted by Gasteiger charge is 2.07. The Bertz CT molecular complexity index is 652. The second-order valence-corrected chi connectivity index (χ2v) is 5.90. The Morgan fingerprint density at radius 1 is 1.08 bits per heavy atom. The van der Waals surface area contributed by atoms with Gasteiger partial charge < -0.3 is 15.5 Å². The topological polar surface area (TPSA) is 44.4 Å². The van der Waals surface area contributed by atoms with E-state index in [9.17, 15) is 4.79 Å². The quantitative estimate of drug-likeness (QED) is 0.774. The SMILES string of the molecule is CCCN(C)c1ccc(C(=O)Nc2cccc(CNCC)c2)cc1. The van der Waals surface area contributed by atoms with Crippen LogP contribution in [-0.2, 0) is 6.54 Å². The van der Waals surface area contributed by atoms with Crippen LogP contribution in [0.1, 0.15) is 36.2 Å². The number of nitrogens with one attached hydrogen (secondary N) is 2. The Balaban J connectivity index is 2.01. The van der Waals surface area contributed by atoms with Gasteiger partial charge in [-0.05, 0) is 54.9 Å². The van der Waals surface area contributed by atoms with E-state index >= 15 is 0 Å². The van der Waals surface area contributed by atoms with Crippen LogP contribution in [-0.4, -0.2) is 26.0 Å². The van der Waals surface area contributed by atoms with Crippen LogP contribution in [0.3, 0.4) is 0 Å². The number of carbonyl (C=O) groups excluding carboxylic acids is 1. The molecule has 0 aliphatic rings.